The average Bonchev–Trinajstić information content (AvgIpc) is 2.55. The maximum Gasteiger partial charge on any atom is 0.307 e. The van der Waals surface area contributed by atoms with Gasteiger partial charge in [0.25, 0.3) is 0 Å². The lowest BCUT2D eigenvalue weighted by Gasteiger charge is -2.32. The van der Waals surface area contributed by atoms with Crippen molar-refractivity contribution in [2.24, 2.45) is 0 Å². The van der Waals surface area contributed by atoms with Crippen molar-refractivity contribution in [1.29, 1.82) is 0 Å². The summed E-state index contributed by atoms with van der Waals surface area (Å²) >= 11 is 0. The quantitative estimate of drug-likeness (QED) is 0.886. The molecule has 1 aliphatic heterocycles. The molecule has 0 spiro atoms. The van der Waals surface area contributed by atoms with Crippen LogP contribution in [0.15, 0.2) is 24.3 Å². The fourth-order valence-corrected chi connectivity index (χ4v) is 4.78. The smallest absolute Gasteiger partial charge is 0.307 e. The van der Waals surface area contributed by atoms with Crippen molar-refractivity contribution < 1.29 is 22.7 Å². The van der Waals surface area contributed by atoms with E-state index in [2.05, 4.69) is 0 Å². The summed E-state index contributed by atoms with van der Waals surface area (Å²) in [5.41, 5.74) is 2.53. The van der Waals surface area contributed by atoms with E-state index in [-0.39, 0.29) is 18.2 Å². The van der Waals surface area contributed by atoms with Crippen LogP contribution in [0.25, 0.3) is 10.8 Å². The van der Waals surface area contributed by atoms with Crippen molar-refractivity contribution in [1.82, 2.24) is 4.31 Å². The number of nitrogens with zero attached hydrogens (tertiary/aromatic N) is 1. The molecule has 0 aliphatic carbocycles. The Morgan fingerprint density at radius 3 is 2.50 bits per heavy atom. The second-order valence-corrected chi connectivity index (χ2v) is 8.93. The first kappa shape index (κ1) is 18.8. The molecule has 0 radical (unpaired) electrons. The summed E-state index contributed by atoms with van der Waals surface area (Å²) in [4.78, 5) is 11.2. The van der Waals surface area contributed by atoms with Gasteiger partial charge in [-0.2, -0.15) is 0 Å². The molecule has 2 aromatic rings. The minimum absolute atomic E-state index is 0.0750. The minimum atomic E-state index is -3.22. The number of piperidine rings is 1. The topological polar surface area (TPSA) is 74.7 Å². The van der Waals surface area contributed by atoms with Crippen LogP contribution in [-0.2, 0) is 21.2 Å². The lowest BCUT2D eigenvalue weighted by atomic mass is 9.82. The Morgan fingerprint density at radius 1 is 1.27 bits per heavy atom. The number of carboxylic acids is 1. The molecule has 1 saturated heterocycles. The van der Waals surface area contributed by atoms with E-state index in [0.29, 0.717) is 25.9 Å². The first-order valence-electron chi connectivity index (χ1n) is 8.55. The highest BCUT2D eigenvalue weighted by atomic mass is 32.2. The Hall–Kier alpha value is -1.99. The van der Waals surface area contributed by atoms with E-state index in [1.807, 2.05) is 13.0 Å². The summed E-state index contributed by atoms with van der Waals surface area (Å²) in [5.74, 6) is -1.17. The Labute approximate surface area is 152 Å². The summed E-state index contributed by atoms with van der Waals surface area (Å²) in [6.07, 6.45) is 2.39. The molecule has 0 saturated carbocycles. The zero-order chi connectivity index (χ0) is 19.1. The molecule has 5 nitrogen and oxygen atoms in total. The summed E-state index contributed by atoms with van der Waals surface area (Å²) in [6.45, 7) is 2.71. The molecule has 1 fully saturated rings. The average molecular weight is 379 g/mol. The van der Waals surface area contributed by atoms with Crippen LogP contribution < -0.4 is 0 Å². The highest BCUT2D eigenvalue weighted by Crippen LogP contribution is 2.38. The molecular weight excluding hydrogens is 357 g/mol. The van der Waals surface area contributed by atoms with E-state index in [9.17, 15) is 22.7 Å². The molecule has 1 heterocycles. The molecule has 26 heavy (non-hydrogen) atoms. The summed E-state index contributed by atoms with van der Waals surface area (Å²) in [6, 6.07) is 6.35. The fraction of sp³-hybridized carbons (Fsp3) is 0.421. The van der Waals surface area contributed by atoms with Gasteiger partial charge in [0.15, 0.2) is 0 Å². The number of halogens is 1. The van der Waals surface area contributed by atoms with E-state index in [0.717, 1.165) is 27.5 Å². The third-order valence-electron chi connectivity index (χ3n) is 5.19. The van der Waals surface area contributed by atoms with Crippen molar-refractivity contribution in [3.05, 3.63) is 46.8 Å². The van der Waals surface area contributed by atoms with Crippen molar-refractivity contribution in [2.75, 3.05) is 19.3 Å². The molecule has 2 aromatic carbocycles. The largest absolute Gasteiger partial charge is 0.481 e. The van der Waals surface area contributed by atoms with Crippen LogP contribution in [0.3, 0.4) is 0 Å². The maximum absolute atomic E-state index is 13.9. The number of rotatable bonds is 4. The Bertz CT molecular complexity index is 963. The summed E-state index contributed by atoms with van der Waals surface area (Å²) < 4.78 is 38.8. The van der Waals surface area contributed by atoms with Gasteiger partial charge in [0.2, 0.25) is 10.0 Å². The van der Waals surface area contributed by atoms with Crippen LogP contribution in [-0.4, -0.2) is 43.1 Å². The SMILES string of the molecule is Cc1c(CC(=O)O)cc2ccc(F)cc2c1C1CCN(S(C)(=O)=O)CC1. The number of aliphatic carboxylic acids is 1. The molecule has 7 heteroatoms. The van der Waals surface area contributed by atoms with E-state index in [1.54, 1.807) is 6.07 Å². The highest BCUT2D eigenvalue weighted by molar-refractivity contribution is 7.88. The van der Waals surface area contributed by atoms with Crippen LogP contribution in [0, 0.1) is 12.7 Å². The molecule has 0 atom stereocenters. The van der Waals surface area contributed by atoms with Crippen LogP contribution in [0.4, 0.5) is 4.39 Å². The molecule has 3 rings (SSSR count). The van der Waals surface area contributed by atoms with Gasteiger partial charge in [-0.1, -0.05) is 12.1 Å². The van der Waals surface area contributed by atoms with E-state index >= 15 is 0 Å². The monoisotopic (exact) mass is 379 g/mol. The Morgan fingerprint density at radius 2 is 1.92 bits per heavy atom. The third-order valence-corrected chi connectivity index (χ3v) is 6.50. The van der Waals surface area contributed by atoms with Gasteiger partial charge in [-0.05, 0) is 65.3 Å². The highest BCUT2D eigenvalue weighted by Gasteiger charge is 2.28. The number of hydrogen-bond acceptors (Lipinski definition) is 3. The van der Waals surface area contributed by atoms with Gasteiger partial charge >= 0.3 is 5.97 Å². The predicted molar refractivity (Wildman–Crippen MR) is 98.4 cm³/mol. The number of carboxylic acid groups (broad SMARTS) is 1. The fourth-order valence-electron chi connectivity index (χ4n) is 3.91. The van der Waals surface area contributed by atoms with Crippen molar-refractivity contribution >= 4 is 26.8 Å². The first-order chi connectivity index (χ1) is 12.2. The van der Waals surface area contributed by atoms with Gasteiger partial charge in [-0.15, -0.1) is 0 Å². The van der Waals surface area contributed by atoms with Crippen molar-refractivity contribution in [3.8, 4) is 0 Å². The minimum Gasteiger partial charge on any atom is -0.481 e. The van der Waals surface area contributed by atoms with Crippen LogP contribution >= 0.6 is 0 Å². The van der Waals surface area contributed by atoms with Crippen LogP contribution in [0.5, 0.6) is 0 Å². The molecule has 0 unspecified atom stereocenters. The lowest BCUT2D eigenvalue weighted by molar-refractivity contribution is -0.136. The standard InChI is InChI=1S/C19H22FNO4S/c1-12-15(10-18(22)23)9-14-3-4-16(20)11-17(14)19(12)13-5-7-21(8-6-13)26(2,24)25/h3-4,9,11,13H,5-8,10H2,1-2H3,(H,22,23). The Kier molecular flexibility index (Phi) is 5.03. The van der Waals surface area contributed by atoms with Crippen molar-refractivity contribution in [2.45, 2.75) is 32.1 Å². The second-order valence-electron chi connectivity index (χ2n) is 6.95. The van der Waals surface area contributed by atoms with Gasteiger partial charge in [0.05, 0.1) is 12.7 Å². The molecule has 1 N–H and O–H groups in total. The first-order valence-corrected chi connectivity index (χ1v) is 10.4. The normalized spacial score (nSPS) is 16.9. The van der Waals surface area contributed by atoms with E-state index < -0.39 is 16.0 Å². The molecular formula is C19H22FNO4S. The predicted octanol–water partition coefficient (Wildman–Crippen LogP) is 3.05. The van der Waals surface area contributed by atoms with Gasteiger partial charge < -0.3 is 5.11 Å². The summed E-state index contributed by atoms with van der Waals surface area (Å²) in [7, 11) is -3.22. The number of benzene rings is 2. The second kappa shape index (κ2) is 6.96. The van der Waals surface area contributed by atoms with Crippen LogP contribution in [0.2, 0.25) is 0 Å². The summed E-state index contributed by atoms with van der Waals surface area (Å²) in [5, 5.41) is 10.8. The molecule has 0 bridgehead atoms. The number of sulfonamides is 1. The van der Waals surface area contributed by atoms with E-state index in [1.165, 1.54) is 22.7 Å². The zero-order valence-corrected chi connectivity index (χ0v) is 15.6. The Balaban J connectivity index is 2.07. The van der Waals surface area contributed by atoms with Gasteiger partial charge in [0.1, 0.15) is 5.82 Å². The van der Waals surface area contributed by atoms with Gasteiger partial charge in [0, 0.05) is 13.1 Å². The molecule has 0 aromatic heterocycles. The van der Waals surface area contributed by atoms with Gasteiger partial charge in [-0.3, -0.25) is 4.79 Å². The number of fused-ring (bicyclic) bond motifs is 1. The maximum atomic E-state index is 13.9. The van der Waals surface area contributed by atoms with Crippen molar-refractivity contribution in [3.63, 3.8) is 0 Å². The number of carbonyl (C=O) groups is 1. The van der Waals surface area contributed by atoms with Gasteiger partial charge in [-0.25, -0.2) is 17.1 Å². The van der Waals surface area contributed by atoms with Crippen LogP contribution in [0.1, 0.15) is 35.4 Å². The van der Waals surface area contributed by atoms with E-state index in [4.69, 9.17) is 0 Å². The molecule has 1 aliphatic rings. The molecule has 140 valence electrons. The lowest BCUT2D eigenvalue weighted by Crippen LogP contribution is -2.37. The zero-order valence-electron chi connectivity index (χ0n) is 14.8. The number of hydrogen-bond donors (Lipinski definition) is 1. The third kappa shape index (κ3) is 3.73. The molecule has 0 amide bonds.